The summed E-state index contributed by atoms with van der Waals surface area (Å²) in [6.45, 7) is 4.02. The molecule has 0 saturated carbocycles. The molecule has 1 aromatic carbocycles. The number of benzene rings is 1. The van der Waals surface area contributed by atoms with E-state index in [1.54, 1.807) is 13.0 Å². The Morgan fingerprint density at radius 3 is 2.77 bits per heavy atom. The molecule has 0 spiro atoms. The van der Waals surface area contributed by atoms with Gasteiger partial charge < -0.3 is 5.73 Å². The molecule has 0 aliphatic carbocycles. The van der Waals surface area contributed by atoms with Crippen molar-refractivity contribution in [1.29, 1.82) is 0 Å². The maximum Gasteiger partial charge on any atom is 0.126 e. The van der Waals surface area contributed by atoms with Crippen LogP contribution < -0.4 is 5.73 Å². The number of allylic oxidation sites excluding steroid dienone is 1. The van der Waals surface area contributed by atoms with Crippen molar-refractivity contribution in [2.75, 3.05) is 0 Å². The molecule has 0 radical (unpaired) electrons. The standard InChI is InChI=1S/C11H14FN/c1-3-11(12)10-6-9(7-13)5-4-8(10)2/h3-6H,7,13H2,1-2H3/b11-3+. The fourth-order valence-electron chi connectivity index (χ4n) is 1.21. The van der Waals surface area contributed by atoms with Gasteiger partial charge in [-0.15, -0.1) is 0 Å². The molecular weight excluding hydrogens is 165 g/mol. The van der Waals surface area contributed by atoms with Gasteiger partial charge in [-0.3, -0.25) is 0 Å². The number of rotatable bonds is 2. The highest BCUT2D eigenvalue weighted by molar-refractivity contribution is 5.62. The van der Waals surface area contributed by atoms with Crippen LogP contribution in [0.1, 0.15) is 23.6 Å². The maximum atomic E-state index is 13.3. The van der Waals surface area contributed by atoms with Gasteiger partial charge in [-0.2, -0.15) is 0 Å². The van der Waals surface area contributed by atoms with E-state index >= 15 is 0 Å². The van der Waals surface area contributed by atoms with Crippen molar-refractivity contribution in [2.45, 2.75) is 20.4 Å². The Morgan fingerprint density at radius 2 is 2.23 bits per heavy atom. The Morgan fingerprint density at radius 1 is 1.54 bits per heavy atom. The maximum absolute atomic E-state index is 13.3. The molecule has 1 aromatic rings. The van der Waals surface area contributed by atoms with Crippen LogP contribution in [-0.4, -0.2) is 0 Å². The van der Waals surface area contributed by atoms with Crippen LogP contribution in [0.25, 0.3) is 5.83 Å². The van der Waals surface area contributed by atoms with E-state index in [1.807, 2.05) is 19.1 Å². The molecule has 0 bridgehead atoms. The fourth-order valence-corrected chi connectivity index (χ4v) is 1.21. The summed E-state index contributed by atoms with van der Waals surface area (Å²) in [5.74, 6) is -0.187. The van der Waals surface area contributed by atoms with Crippen LogP contribution in [0.15, 0.2) is 24.3 Å². The summed E-state index contributed by atoms with van der Waals surface area (Å²) in [7, 11) is 0. The second-order valence-corrected chi connectivity index (χ2v) is 2.99. The van der Waals surface area contributed by atoms with E-state index in [-0.39, 0.29) is 5.83 Å². The van der Waals surface area contributed by atoms with Gasteiger partial charge in [-0.25, -0.2) is 4.39 Å². The quantitative estimate of drug-likeness (QED) is 0.742. The second-order valence-electron chi connectivity index (χ2n) is 2.99. The van der Waals surface area contributed by atoms with E-state index in [2.05, 4.69) is 0 Å². The molecule has 0 aliphatic rings. The predicted octanol–water partition coefficient (Wildman–Crippen LogP) is 2.78. The van der Waals surface area contributed by atoms with Crippen molar-refractivity contribution >= 4 is 5.83 Å². The van der Waals surface area contributed by atoms with E-state index in [4.69, 9.17) is 5.73 Å². The molecule has 0 heterocycles. The minimum atomic E-state index is -0.187. The first-order valence-corrected chi connectivity index (χ1v) is 4.30. The lowest BCUT2D eigenvalue weighted by atomic mass is 10.0. The highest BCUT2D eigenvalue weighted by Crippen LogP contribution is 2.21. The van der Waals surface area contributed by atoms with E-state index in [9.17, 15) is 4.39 Å². The molecule has 13 heavy (non-hydrogen) atoms. The van der Waals surface area contributed by atoms with Gasteiger partial charge in [-0.05, 0) is 31.0 Å². The van der Waals surface area contributed by atoms with Gasteiger partial charge in [0.25, 0.3) is 0 Å². The Bertz CT molecular complexity index is 329. The third kappa shape index (κ3) is 2.16. The average Bonchev–Trinajstić information content (AvgIpc) is 2.17. The third-order valence-electron chi connectivity index (χ3n) is 2.05. The predicted molar refractivity (Wildman–Crippen MR) is 53.8 cm³/mol. The monoisotopic (exact) mass is 179 g/mol. The van der Waals surface area contributed by atoms with Crippen LogP contribution in [0.3, 0.4) is 0 Å². The summed E-state index contributed by atoms with van der Waals surface area (Å²) < 4.78 is 13.3. The summed E-state index contributed by atoms with van der Waals surface area (Å²) in [6.07, 6.45) is 1.46. The largest absolute Gasteiger partial charge is 0.326 e. The van der Waals surface area contributed by atoms with E-state index < -0.39 is 0 Å². The summed E-state index contributed by atoms with van der Waals surface area (Å²) in [6, 6.07) is 5.60. The number of halogens is 1. The number of aryl methyl sites for hydroxylation is 1. The minimum absolute atomic E-state index is 0.187. The molecule has 2 heteroatoms. The van der Waals surface area contributed by atoms with Crippen LogP contribution in [0.4, 0.5) is 4.39 Å². The third-order valence-corrected chi connectivity index (χ3v) is 2.05. The zero-order valence-corrected chi connectivity index (χ0v) is 7.97. The summed E-state index contributed by atoms with van der Waals surface area (Å²) >= 11 is 0. The zero-order chi connectivity index (χ0) is 9.84. The van der Waals surface area contributed by atoms with E-state index in [0.717, 1.165) is 11.1 Å². The molecule has 0 aliphatic heterocycles. The first-order chi connectivity index (χ1) is 6.19. The lowest BCUT2D eigenvalue weighted by Gasteiger charge is -2.05. The van der Waals surface area contributed by atoms with Crippen molar-refractivity contribution in [3.8, 4) is 0 Å². The highest BCUT2D eigenvalue weighted by Gasteiger charge is 2.03. The van der Waals surface area contributed by atoms with Crippen molar-refractivity contribution in [3.63, 3.8) is 0 Å². The number of hydrogen-bond acceptors (Lipinski definition) is 1. The average molecular weight is 179 g/mol. The molecular formula is C11H14FN. The van der Waals surface area contributed by atoms with Crippen LogP contribution in [0, 0.1) is 6.92 Å². The van der Waals surface area contributed by atoms with E-state index in [0.29, 0.717) is 12.1 Å². The number of nitrogens with two attached hydrogens (primary N) is 1. The molecule has 0 atom stereocenters. The number of hydrogen-bond donors (Lipinski definition) is 1. The van der Waals surface area contributed by atoms with Crippen molar-refractivity contribution < 1.29 is 4.39 Å². The molecule has 1 nitrogen and oxygen atoms in total. The van der Waals surface area contributed by atoms with Crippen LogP contribution in [-0.2, 0) is 6.54 Å². The SMILES string of the molecule is C/C=C(/F)c1cc(CN)ccc1C. The minimum Gasteiger partial charge on any atom is -0.326 e. The summed E-state index contributed by atoms with van der Waals surface area (Å²) in [4.78, 5) is 0. The van der Waals surface area contributed by atoms with Crippen molar-refractivity contribution in [3.05, 3.63) is 41.0 Å². The lowest BCUT2D eigenvalue weighted by molar-refractivity contribution is 0.756. The van der Waals surface area contributed by atoms with Crippen LogP contribution in [0.2, 0.25) is 0 Å². The van der Waals surface area contributed by atoms with Crippen LogP contribution >= 0.6 is 0 Å². The molecule has 0 unspecified atom stereocenters. The first-order valence-electron chi connectivity index (χ1n) is 4.30. The zero-order valence-electron chi connectivity index (χ0n) is 7.97. The van der Waals surface area contributed by atoms with Crippen molar-refractivity contribution in [1.82, 2.24) is 0 Å². The molecule has 0 saturated heterocycles. The van der Waals surface area contributed by atoms with Gasteiger partial charge in [0.2, 0.25) is 0 Å². The Kier molecular flexibility index (Phi) is 3.20. The van der Waals surface area contributed by atoms with Crippen LogP contribution in [0.5, 0.6) is 0 Å². The Labute approximate surface area is 78.1 Å². The van der Waals surface area contributed by atoms with Gasteiger partial charge in [0, 0.05) is 12.1 Å². The van der Waals surface area contributed by atoms with Gasteiger partial charge >= 0.3 is 0 Å². The summed E-state index contributed by atoms with van der Waals surface area (Å²) in [5, 5.41) is 0. The highest BCUT2D eigenvalue weighted by atomic mass is 19.1. The normalized spacial score (nSPS) is 11.8. The summed E-state index contributed by atoms with van der Waals surface area (Å²) in [5.41, 5.74) is 8.01. The molecule has 0 aromatic heterocycles. The van der Waals surface area contributed by atoms with Gasteiger partial charge in [0.1, 0.15) is 5.83 Å². The van der Waals surface area contributed by atoms with E-state index in [1.165, 1.54) is 6.08 Å². The smallest absolute Gasteiger partial charge is 0.126 e. The van der Waals surface area contributed by atoms with Crippen molar-refractivity contribution in [2.24, 2.45) is 5.73 Å². The van der Waals surface area contributed by atoms with Gasteiger partial charge in [0.15, 0.2) is 0 Å². The molecule has 70 valence electrons. The Balaban J connectivity index is 3.19. The first kappa shape index (κ1) is 9.93. The fraction of sp³-hybridized carbons (Fsp3) is 0.273. The topological polar surface area (TPSA) is 26.0 Å². The lowest BCUT2D eigenvalue weighted by Crippen LogP contribution is -1.97. The van der Waals surface area contributed by atoms with Gasteiger partial charge in [0.05, 0.1) is 0 Å². The van der Waals surface area contributed by atoms with Gasteiger partial charge in [-0.1, -0.05) is 18.2 Å². The Hall–Kier alpha value is -1.15. The second kappa shape index (κ2) is 4.19. The molecule has 0 amide bonds. The molecule has 0 fully saturated rings. The molecule has 2 N–H and O–H groups in total. The molecule has 1 rings (SSSR count).